The molecule has 0 atom stereocenters. The predicted octanol–water partition coefficient (Wildman–Crippen LogP) is 3.14. The van der Waals surface area contributed by atoms with Crippen molar-refractivity contribution in [2.24, 2.45) is 0 Å². The molecule has 1 heterocycles. The van der Waals surface area contributed by atoms with Crippen molar-refractivity contribution in [2.75, 3.05) is 32.8 Å². The number of carbonyl (C=O) groups excluding carboxylic acids is 2. The number of nitrogens with zero attached hydrogens (tertiary/aromatic N) is 2. The van der Waals surface area contributed by atoms with Gasteiger partial charge < -0.3 is 14.5 Å². The maximum Gasteiger partial charge on any atom is 0.253 e. The Kier molecular flexibility index (Phi) is 6.47. The monoisotopic (exact) mass is 366 g/mol. The van der Waals surface area contributed by atoms with Crippen LogP contribution in [0, 0.1) is 6.92 Å². The van der Waals surface area contributed by atoms with Crippen molar-refractivity contribution < 1.29 is 14.3 Å². The van der Waals surface area contributed by atoms with Crippen molar-refractivity contribution >= 4 is 11.8 Å². The Labute approximate surface area is 160 Å². The first-order valence-corrected chi connectivity index (χ1v) is 9.45. The lowest BCUT2D eigenvalue weighted by atomic mass is 10.1. The van der Waals surface area contributed by atoms with Crippen molar-refractivity contribution in [1.82, 2.24) is 9.80 Å². The van der Waals surface area contributed by atoms with Gasteiger partial charge in [0.15, 0.2) is 0 Å². The average molecular weight is 366 g/mol. The highest BCUT2D eigenvalue weighted by Crippen LogP contribution is 2.13. The number of rotatable bonds is 6. The van der Waals surface area contributed by atoms with Crippen molar-refractivity contribution in [3.05, 3.63) is 65.7 Å². The first-order valence-electron chi connectivity index (χ1n) is 9.45. The third-order valence-corrected chi connectivity index (χ3v) is 4.73. The third-order valence-electron chi connectivity index (χ3n) is 4.73. The molecule has 2 aromatic carbocycles. The van der Waals surface area contributed by atoms with Crippen molar-refractivity contribution in [3.8, 4) is 5.75 Å². The average Bonchev–Trinajstić information content (AvgIpc) is 2.71. The second kappa shape index (κ2) is 9.21. The van der Waals surface area contributed by atoms with Gasteiger partial charge in [-0.05, 0) is 43.2 Å². The van der Waals surface area contributed by atoms with Gasteiger partial charge in [0, 0.05) is 38.2 Å². The molecule has 3 rings (SSSR count). The van der Waals surface area contributed by atoms with Crippen molar-refractivity contribution in [1.29, 1.82) is 0 Å². The first kappa shape index (κ1) is 19.0. The van der Waals surface area contributed by atoms with Crippen molar-refractivity contribution in [3.63, 3.8) is 0 Å². The Morgan fingerprint density at radius 1 is 0.926 bits per heavy atom. The SMILES string of the molecule is Cc1cccc(OCCCC(=O)N2CCN(C(=O)c3ccccc3)CC2)c1. The molecule has 1 aliphatic rings. The molecule has 142 valence electrons. The van der Waals surface area contributed by atoms with Crippen LogP contribution in [0.1, 0.15) is 28.8 Å². The Morgan fingerprint density at radius 3 is 2.33 bits per heavy atom. The van der Waals surface area contributed by atoms with Gasteiger partial charge >= 0.3 is 0 Å². The standard InChI is InChI=1S/C22H26N2O3/c1-18-7-5-10-20(17-18)27-16-6-11-21(25)23-12-14-24(15-13-23)22(26)19-8-3-2-4-9-19/h2-5,7-10,17H,6,11-16H2,1H3. The zero-order chi connectivity index (χ0) is 19.1. The summed E-state index contributed by atoms with van der Waals surface area (Å²) in [5, 5.41) is 0. The summed E-state index contributed by atoms with van der Waals surface area (Å²) in [7, 11) is 0. The lowest BCUT2D eigenvalue weighted by molar-refractivity contribution is -0.132. The van der Waals surface area contributed by atoms with E-state index < -0.39 is 0 Å². The maximum atomic E-state index is 12.5. The van der Waals surface area contributed by atoms with Crippen LogP contribution in [-0.2, 0) is 4.79 Å². The number of hydrogen-bond donors (Lipinski definition) is 0. The molecular weight excluding hydrogens is 340 g/mol. The van der Waals surface area contributed by atoms with Crippen LogP contribution in [0.4, 0.5) is 0 Å². The van der Waals surface area contributed by atoms with Gasteiger partial charge in [0.2, 0.25) is 5.91 Å². The summed E-state index contributed by atoms with van der Waals surface area (Å²) < 4.78 is 5.70. The van der Waals surface area contributed by atoms with Gasteiger partial charge in [-0.25, -0.2) is 0 Å². The van der Waals surface area contributed by atoms with Gasteiger partial charge in [-0.3, -0.25) is 9.59 Å². The quantitative estimate of drug-likeness (QED) is 0.738. The number of benzene rings is 2. The molecule has 0 aromatic heterocycles. The first-order chi connectivity index (χ1) is 13.1. The Morgan fingerprint density at radius 2 is 1.63 bits per heavy atom. The van der Waals surface area contributed by atoms with Crippen LogP contribution in [0.5, 0.6) is 5.75 Å². The fraction of sp³-hybridized carbons (Fsp3) is 0.364. The molecule has 5 heteroatoms. The molecule has 5 nitrogen and oxygen atoms in total. The molecule has 0 unspecified atom stereocenters. The lowest BCUT2D eigenvalue weighted by Crippen LogP contribution is -2.50. The van der Waals surface area contributed by atoms with Crippen LogP contribution in [0.2, 0.25) is 0 Å². The highest BCUT2D eigenvalue weighted by atomic mass is 16.5. The summed E-state index contributed by atoms with van der Waals surface area (Å²) in [6, 6.07) is 17.2. The normalized spacial score (nSPS) is 14.1. The minimum absolute atomic E-state index is 0.0363. The van der Waals surface area contributed by atoms with Crippen LogP contribution in [-0.4, -0.2) is 54.4 Å². The number of piperazine rings is 1. The molecule has 0 bridgehead atoms. The predicted molar refractivity (Wildman–Crippen MR) is 105 cm³/mol. The van der Waals surface area contributed by atoms with Gasteiger partial charge in [0.1, 0.15) is 5.75 Å². The van der Waals surface area contributed by atoms with Crippen LogP contribution in [0.3, 0.4) is 0 Å². The van der Waals surface area contributed by atoms with Gasteiger partial charge in [-0.1, -0.05) is 30.3 Å². The molecular formula is C22H26N2O3. The number of amides is 2. The van der Waals surface area contributed by atoms with Gasteiger partial charge in [0.05, 0.1) is 6.61 Å². The smallest absolute Gasteiger partial charge is 0.253 e. The van der Waals surface area contributed by atoms with E-state index in [1.165, 1.54) is 0 Å². The van der Waals surface area contributed by atoms with E-state index in [2.05, 4.69) is 0 Å². The second-order valence-electron chi connectivity index (χ2n) is 6.81. The largest absolute Gasteiger partial charge is 0.494 e. The Bertz CT molecular complexity index is 768. The van der Waals surface area contributed by atoms with Crippen molar-refractivity contribution in [2.45, 2.75) is 19.8 Å². The van der Waals surface area contributed by atoms with E-state index >= 15 is 0 Å². The number of hydrogen-bond acceptors (Lipinski definition) is 3. The summed E-state index contributed by atoms with van der Waals surface area (Å²) in [5.74, 6) is 1.01. The van der Waals surface area contributed by atoms with E-state index in [9.17, 15) is 9.59 Å². The molecule has 0 saturated carbocycles. The van der Waals surface area contributed by atoms with E-state index in [1.807, 2.05) is 71.3 Å². The maximum absolute atomic E-state index is 12.5. The molecule has 27 heavy (non-hydrogen) atoms. The zero-order valence-electron chi connectivity index (χ0n) is 15.8. The van der Waals surface area contributed by atoms with Gasteiger partial charge in [-0.15, -0.1) is 0 Å². The molecule has 0 spiro atoms. The van der Waals surface area contributed by atoms with E-state index in [1.54, 1.807) is 0 Å². The molecule has 0 aliphatic carbocycles. The number of aryl methyl sites for hydroxylation is 1. The molecule has 1 saturated heterocycles. The Balaban J connectivity index is 1.38. The van der Waals surface area contributed by atoms with Crippen LogP contribution >= 0.6 is 0 Å². The van der Waals surface area contributed by atoms with Crippen LogP contribution in [0.15, 0.2) is 54.6 Å². The van der Waals surface area contributed by atoms with Crippen LogP contribution < -0.4 is 4.74 Å². The molecule has 0 radical (unpaired) electrons. The van der Waals surface area contributed by atoms with E-state index in [0.717, 1.165) is 11.3 Å². The molecule has 0 N–H and O–H groups in total. The summed E-state index contributed by atoms with van der Waals surface area (Å²) in [6.45, 7) is 4.91. The van der Waals surface area contributed by atoms with Gasteiger partial charge in [0.25, 0.3) is 5.91 Å². The number of carbonyl (C=O) groups is 2. The fourth-order valence-corrected chi connectivity index (χ4v) is 3.20. The van der Waals surface area contributed by atoms with E-state index in [4.69, 9.17) is 4.74 Å². The Hall–Kier alpha value is -2.82. The summed E-state index contributed by atoms with van der Waals surface area (Å²) in [5.41, 5.74) is 1.86. The zero-order valence-corrected chi connectivity index (χ0v) is 15.8. The summed E-state index contributed by atoms with van der Waals surface area (Å²) in [6.07, 6.45) is 1.16. The van der Waals surface area contributed by atoms with E-state index in [0.29, 0.717) is 51.2 Å². The highest BCUT2D eigenvalue weighted by molar-refractivity contribution is 5.94. The third kappa shape index (κ3) is 5.33. The summed E-state index contributed by atoms with van der Waals surface area (Å²) in [4.78, 5) is 28.5. The number of ether oxygens (including phenoxy) is 1. The molecule has 1 aliphatic heterocycles. The van der Waals surface area contributed by atoms with E-state index in [-0.39, 0.29) is 11.8 Å². The highest BCUT2D eigenvalue weighted by Gasteiger charge is 2.24. The molecule has 1 fully saturated rings. The van der Waals surface area contributed by atoms with Crippen LogP contribution in [0.25, 0.3) is 0 Å². The fourth-order valence-electron chi connectivity index (χ4n) is 3.20. The lowest BCUT2D eigenvalue weighted by Gasteiger charge is -2.35. The molecule has 2 amide bonds. The topological polar surface area (TPSA) is 49.9 Å². The second-order valence-corrected chi connectivity index (χ2v) is 6.81. The minimum atomic E-state index is 0.0363. The summed E-state index contributed by atoms with van der Waals surface area (Å²) >= 11 is 0. The minimum Gasteiger partial charge on any atom is -0.494 e. The van der Waals surface area contributed by atoms with Gasteiger partial charge in [-0.2, -0.15) is 0 Å². The molecule has 2 aromatic rings.